The van der Waals surface area contributed by atoms with E-state index in [-0.39, 0.29) is 18.9 Å². The predicted molar refractivity (Wildman–Crippen MR) is 82.3 cm³/mol. The average Bonchev–Trinajstić information content (AvgIpc) is 2.47. The molecule has 21 heavy (non-hydrogen) atoms. The second-order valence-corrected chi connectivity index (χ2v) is 4.64. The zero-order chi connectivity index (χ0) is 15.9. The molecule has 0 aromatic carbocycles. The van der Waals surface area contributed by atoms with Crippen LogP contribution in [0.2, 0.25) is 0 Å². The SMILES string of the molecule is CCCCCCOC(=O)/C(N)=C\C=C\N(CCO)CCO. The normalized spacial score (nSPS) is 11.9. The number of unbranched alkanes of at least 4 members (excludes halogenated alkanes) is 3. The van der Waals surface area contributed by atoms with Crippen molar-refractivity contribution >= 4 is 5.97 Å². The standard InChI is InChI=1S/C15H28N2O4/c1-2-3-4-5-13-21-15(20)14(16)7-6-8-17(9-11-18)10-12-19/h6-8,18-19H,2-5,9-13,16H2,1H3/b8-6+,14-7+. The molecule has 6 nitrogen and oxygen atoms in total. The van der Waals surface area contributed by atoms with Gasteiger partial charge in [-0.05, 0) is 24.8 Å². The molecule has 0 aliphatic heterocycles. The second kappa shape index (κ2) is 13.5. The van der Waals surface area contributed by atoms with Crippen LogP contribution in [-0.4, -0.2) is 54.0 Å². The number of aliphatic hydroxyl groups is 2. The molecule has 0 atom stereocenters. The Morgan fingerprint density at radius 3 is 2.43 bits per heavy atom. The third kappa shape index (κ3) is 10.9. The average molecular weight is 300 g/mol. The van der Waals surface area contributed by atoms with Gasteiger partial charge in [0.15, 0.2) is 0 Å². The van der Waals surface area contributed by atoms with Gasteiger partial charge in [-0.15, -0.1) is 0 Å². The highest BCUT2D eigenvalue weighted by molar-refractivity contribution is 5.87. The van der Waals surface area contributed by atoms with E-state index < -0.39 is 5.97 Å². The number of allylic oxidation sites excluding steroid dienone is 2. The summed E-state index contributed by atoms with van der Waals surface area (Å²) in [7, 11) is 0. The van der Waals surface area contributed by atoms with Crippen molar-refractivity contribution in [3.63, 3.8) is 0 Å². The first-order valence-electron chi connectivity index (χ1n) is 7.42. The molecule has 0 rings (SSSR count). The highest BCUT2D eigenvalue weighted by atomic mass is 16.5. The molecule has 0 spiro atoms. The maximum atomic E-state index is 11.6. The Hall–Kier alpha value is -1.53. The van der Waals surface area contributed by atoms with E-state index in [4.69, 9.17) is 20.7 Å². The van der Waals surface area contributed by atoms with E-state index in [0.29, 0.717) is 19.7 Å². The summed E-state index contributed by atoms with van der Waals surface area (Å²) in [6.45, 7) is 3.31. The number of rotatable bonds is 12. The highest BCUT2D eigenvalue weighted by Gasteiger charge is 2.05. The van der Waals surface area contributed by atoms with E-state index in [9.17, 15) is 4.79 Å². The fraction of sp³-hybridized carbons (Fsp3) is 0.667. The van der Waals surface area contributed by atoms with Gasteiger partial charge in [0.05, 0.1) is 19.8 Å². The minimum atomic E-state index is -0.521. The summed E-state index contributed by atoms with van der Waals surface area (Å²) in [5.74, 6) is -0.521. The molecule has 4 N–H and O–H groups in total. The molecule has 0 saturated heterocycles. The molecule has 0 aromatic heterocycles. The number of aliphatic hydroxyl groups excluding tert-OH is 2. The third-order valence-electron chi connectivity index (χ3n) is 2.81. The van der Waals surface area contributed by atoms with Crippen molar-refractivity contribution < 1.29 is 19.7 Å². The van der Waals surface area contributed by atoms with Gasteiger partial charge in [-0.2, -0.15) is 0 Å². The van der Waals surface area contributed by atoms with Crippen LogP contribution in [0.25, 0.3) is 0 Å². The quantitative estimate of drug-likeness (QED) is 0.213. The van der Waals surface area contributed by atoms with Crippen molar-refractivity contribution in [1.82, 2.24) is 4.90 Å². The summed E-state index contributed by atoms with van der Waals surface area (Å²) in [6, 6.07) is 0. The summed E-state index contributed by atoms with van der Waals surface area (Å²) in [4.78, 5) is 13.3. The van der Waals surface area contributed by atoms with Crippen LogP contribution >= 0.6 is 0 Å². The maximum absolute atomic E-state index is 11.6. The first kappa shape index (κ1) is 19.5. The Balaban J connectivity index is 4.10. The molecule has 0 fully saturated rings. The number of ether oxygens (including phenoxy) is 1. The van der Waals surface area contributed by atoms with Gasteiger partial charge in [-0.1, -0.05) is 26.2 Å². The first-order chi connectivity index (χ1) is 10.2. The summed E-state index contributed by atoms with van der Waals surface area (Å²) < 4.78 is 5.04. The lowest BCUT2D eigenvalue weighted by Crippen LogP contribution is -2.24. The van der Waals surface area contributed by atoms with E-state index in [2.05, 4.69) is 6.92 Å². The number of hydrogen-bond acceptors (Lipinski definition) is 6. The Morgan fingerprint density at radius 1 is 1.19 bits per heavy atom. The molecule has 122 valence electrons. The van der Waals surface area contributed by atoms with Crippen LogP contribution in [0.1, 0.15) is 32.6 Å². The topological polar surface area (TPSA) is 96.0 Å². The summed E-state index contributed by atoms with van der Waals surface area (Å²) in [5, 5.41) is 17.7. The maximum Gasteiger partial charge on any atom is 0.354 e. The number of carbonyl (C=O) groups is 1. The molecule has 0 aliphatic rings. The van der Waals surface area contributed by atoms with Gasteiger partial charge < -0.3 is 25.6 Å². The van der Waals surface area contributed by atoms with E-state index in [1.807, 2.05) is 0 Å². The number of nitrogens with zero attached hydrogens (tertiary/aromatic N) is 1. The van der Waals surface area contributed by atoms with Gasteiger partial charge >= 0.3 is 5.97 Å². The first-order valence-corrected chi connectivity index (χ1v) is 7.42. The lowest BCUT2D eigenvalue weighted by molar-refractivity contribution is -0.139. The van der Waals surface area contributed by atoms with Gasteiger partial charge in [0.2, 0.25) is 0 Å². The van der Waals surface area contributed by atoms with Crippen molar-refractivity contribution in [2.75, 3.05) is 32.9 Å². The molecular formula is C15H28N2O4. The van der Waals surface area contributed by atoms with Gasteiger partial charge in [0.1, 0.15) is 5.70 Å². The van der Waals surface area contributed by atoms with E-state index in [0.717, 1.165) is 25.7 Å². The second-order valence-electron chi connectivity index (χ2n) is 4.64. The van der Waals surface area contributed by atoms with Gasteiger partial charge in [0, 0.05) is 13.1 Å². The van der Waals surface area contributed by atoms with Gasteiger partial charge in [-0.3, -0.25) is 0 Å². The van der Waals surface area contributed by atoms with Gasteiger partial charge in [0.25, 0.3) is 0 Å². The summed E-state index contributed by atoms with van der Waals surface area (Å²) in [5.41, 5.74) is 5.65. The fourth-order valence-electron chi connectivity index (χ4n) is 1.63. The van der Waals surface area contributed by atoms with E-state index in [1.54, 1.807) is 17.2 Å². The van der Waals surface area contributed by atoms with Crippen molar-refractivity contribution in [2.45, 2.75) is 32.6 Å². The Bertz CT molecular complexity index is 324. The zero-order valence-corrected chi connectivity index (χ0v) is 12.8. The largest absolute Gasteiger partial charge is 0.461 e. The zero-order valence-electron chi connectivity index (χ0n) is 12.8. The lowest BCUT2D eigenvalue weighted by atomic mass is 10.2. The van der Waals surface area contributed by atoms with Crippen LogP contribution in [-0.2, 0) is 9.53 Å². The summed E-state index contributed by atoms with van der Waals surface area (Å²) >= 11 is 0. The molecule has 0 bridgehead atoms. The summed E-state index contributed by atoms with van der Waals surface area (Å²) in [6.07, 6.45) is 8.88. The molecule has 0 amide bonds. The Kier molecular flexibility index (Phi) is 12.5. The highest BCUT2D eigenvalue weighted by Crippen LogP contribution is 2.00. The number of hydrogen-bond donors (Lipinski definition) is 3. The van der Waals surface area contributed by atoms with E-state index in [1.165, 1.54) is 6.08 Å². The lowest BCUT2D eigenvalue weighted by Gasteiger charge is -2.16. The molecule has 0 unspecified atom stereocenters. The van der Waals surface area contributed by atoms with Crippen LogP contribution in [0.4, 0.5) is 0 Å². The molecule has 0 saturated carbocycles. The van der Waals surface area contributed by atoms with Crippen molar-refractivity contribution in [2.24, 2.45) is 5.73 Å². The Morgan fingerprint density at radius 2 is 1.86 bits per heavy atom. The van der Waals surface area contributed by atoms with Crippen molar-refractivity contribution in [1.29, 1.82) is 0 Å². The fourth-order valence-corrected chi connectivity index (χ4v) is 1.63. The molecule has 0 heterocycles. The molecule has 0 radical (unpaired) electrons. The number of carbonyl (C=O) groups excluding carboxylic acids is 1. The van der Waals surface area contributed by atoms with Crippen molar-refractivity contribution in [3.8, 4) is 0 Å². The van der Waals surface area contributed by atoms with Crippen LogP contribution in [0.3, 0.4) is 0 Å². The minimum Gasteiger partial charge on any atom is -0.461 e. The van der Waals surface area contributed by atoms with Crippen LogP contribution in [0.15, 0.2) is 24.0 Å². The van der Waals surface area contributed by atoms with Crippen LogP contribution in [0, 0.1) is 0 Å². The smallest absolute Gasteiger partial charge is 0.354 e. The molecule has 6 heteroatoms. The van der Waals surface area contributed by atoms with Crippen molar-refractivity contribution in [3.05, 3.63) is 24.0 Å². The van der Waals surface area contributed by atoms with E-state index >= 15 is 0 Å². The molecular weight excluding hydrogens is 272 g/mol. The molecule has 0 aliphatic carbocycles. The minimum absolute atomic E-state index is 0.0106. The monoisotopic (exact) mass is 300 g/mol. The Labute approximate surface area is 126 Å². The number of esters is 1. The third-order valence-corrected chi connectivity index (χ3v) is 2.81. The van der Waals surface area contributed by atoms with Crippen LogP contribution < -0.4 is 5.73 Å². The molecule has 0 aromatic rings. The predicted octanol–water partition coefficient (Wildman–Crippen LogP) is 0.753. The van der Waals surface area contributed by atoms with Crippen LogP contribution in [0.5, 0.6) is 0 Å². The number of nitrogens with two attached hydrogens (primary N) is 1. The van der Waals surface area contributed by atoms with Gasteiger partial charge in [-0.25, -0.2) is 4.79 Å².